The van der Waals surface area contributed by atoms with Crippen molar-refractivity contribution >= 4 is 17.6 Å². The minimum absolute atomic E-state index is 0.143. The zero-order valence-electron chi connectivity index (χ0n) is 14.6. The largest absolute Gasteiger partial charge is 0.464 e. The topological polar surface area (TPSA) is 89.5 Å². The third kappa shape index (κ3) is 5.17. The second-order valence-electron chi connectivity index (χ2n) is 6.50. The van der Waals surface area contributed by atoms with Gasteiger partial charge in [0.1, 0.15) is 0 Å². The molecule has 0 bridgehead atoms. The molecule has 0 spiro atoms. The lowest BCUT2D eigenvalue weighted by Crippen LogP contribution is -2.50. The maximum absolute atomic E-state index is 12.3. The van der Waals surface area contributed by atoms with Crippen LogP contribution in [0.1, 0.15) is 26.7 Å². The third-order valence-corrected chi connectivity index (χ3v) is 4.20. The molecule has 8 heteroatoms. The normalized spacial score (nSPS) is 22.7. The number of amides is 1. The number of nitrogens with one attached hydrogen (secondary N) is 1. The SMILES string of the molecule is COC(=O)C1=NO[C@H](C(=O)NC[C@@H](CC(C)C)N2CCOCC2)C1. The van der Waals surface area contributed by atoms with Crippen molar-refractivity contribution in [2.24, 2.45) is 11.1 Å². The molecule has 8 nitrogen and oxygen atoms in total. The summed E-state index contributed by atoms with van der Waals surface area (Å²) in [6.45, 7) is 8.10. The molecule has 2 rings (SSSR count). The lowest BCUT2D eigenvalue weighted by molar-refractivity contribution is -0.133. The Labute approximate surface area is 142 Å². The van der Waals surface area contributed by atoms with Gasteiger partial charge in [0, 0.05) is 32.1 Å². The van der Waals surface area contributed by atoms with Crippen LogP contribution in [-0.4, -0.2) is 74.6 Å². The Morgan fingerprint density at radius 2 is 2.08 bits per heavy atom. The van der Waals surface area contributed by atoms with Crippen LogP contribution in [0.5, 0.6) is 0 Å². The first kappa shape index (κ1) is 18.7. The van der Waals surface area contributed by atoms with E-state index in [4.69, 9.17) is 9.57 Å². The summed E-state index contributed by atoms with van der Waals surface area (Å²) in [5.41, 5.74) is 0.143. The quantitative estimate of drug-likeness (QED) is 0.664. The Balaban J connectivity index is 1.82. The van der Waals surface area contributed by atoms with Crippen molar-refractivity contribution in [1.29, 1.82) is 0 Å². The van der Waals surface area contributed by atoms with Crippen molar-refractivity contribution in [2.75, 3.05) is 40.0 Å². The van der Waals surface area contributed by atoms with Crippen molar-refractivity contribution in [3.8, 4) is 0 Å². The summed E-state index contributed by atoms with van der Waals surface area (Å²) in [4.78, 5) is 31.1. The molecular formula is C16H27N3O5. The molecule has 0 aliphatic carbocycles. The molecule has 1 amide bonds. The minimum Gasteiger partial charge on any atom is -0.464 e. The van der Waals surface area contributed by atoms with Gasteiger partial charge in [-0.1, -0.05) is 19.0 Å². The Kier molecular flexibility index (Phi) is 6.99. The number of ether oxygens (including phenoxy) is 2. The van der Waals surface area contributed by atoms with Crippen LogP contribution in [0, 0.1) is 5.92 Å². The number of hydrogen-bond acceptors (Lipinski definition) is 7. The van der Waals surface area contributed by atoms with Crippen LogP contribution < -0.4 is 5.32 Å². The number of carbonyl (C=O) groups is 2. The average molecular weight is 341 g/mol. The molecular weight excluding hydrogens is 314 g/mol. The van der Waals surface area contributed by atoms with Crippen LogP contribution in [0.15, 0.2) is 5.16 Å². The monoisotopic (exact) mass is 341 g/mol. The van der Waals surface area contributed by atoms with Crippen LogP contribution in [-0.2, 0) is 23.9 Å². The van der Waals surface area contributed by atoms with Crippen LogP contribution in [0.3, 0.4) is 0 Å². The first-order chi connectivity index (χ1) is 11.5. The summed E-state index contributed by atoms with van der Waals surface area (Å²) in [5.74, 6) is -0.275. The summed E-state index contributed by atoms with van der Waals surface area (Å²) in [6.07, 6.45) is 0.379. The van der Waals surface area contributed by atoms with Crippen LogP contribution in [0.4, 0.5) is 0 Å². The van der Waals surface area contributed by atoms with Gasteiger partial charge in [0.2, 0.25) is 6.10 Å². The van der Waals surface area contributed by atoms with E-state index >= 15 is 0 Å². The maximum Gasteiger partial charge on any atom is 0.355 e. The van der Waals surface area contributed by atoms with E-state index in [1.165, 1.54) is 7.11 Å². The van der Waals surface area contributed by atoms with Crippen molar-refractivity contribution in [2.45, 2.75) is 38.8 Å². The average Bonchev–Trinajstić information content (AvgIpc) is 3.08. The van der Waals surface area contributed by atoms with E-state index in [1.807, 2.05) is 0 Å². The molecule has 2 aliphatic rings. The molecule has 136 valence electrons. The van der Waals surface area contributed by atoms with Crippen molar-refractivity contribution in [1.82, 2.24) is 10.2 Å². The van der Waals surface area contributed by atoms with E-state index in [9.17, 15) is 9.59 Å². The van der Waals surface area contributed by atoms with Crippen molar-refractivity contribution in [3.63, 3.8) is 0 Å². The van der Waals surface area contributed by atoms with E-state index < -0.39 is 12.1 Å². The summed E-state index contributed by atoms with van der Waals surface area (Å²) < 4.78 is 9.98. The number of hydrogen-bond donors (Lipinski definition) is 1. The van der Waals surface area contributed by atoms with Crippen LogP contribution in [0.25, 0.3) is 0 Å². The van der Waals surface area contributed by atoms with Gasteiger partial charge in [0.15, 0.2) is 5.71 Å². The highest BCUT2D eigenvalue weighted by Crippen LogP contribution is 2.15. The van der Waals surface area contributed by atoms with E-state index in [0.29, 0.717) is 12.5 Å². The zero-order valence-corrected chi connectivity index (χ0v) is 14.6. The number of nitrogens with zero attached hydrogens (tertiary/aromatic N) is 2. The molecule has 2 aliphatic heterocycles. The fraction of sp³-hybridized carbons (Fsp3) is 0.812. The number of oxime groups is 1. The first-order valence-electron chi connectivity index (χ1n) is 8.41. The fourth-order valence-corrected chi connectivity index (χ4v) is 2.94. The summed E-state index contributed by atoms with van der Waals surface area (Å²) >= 11 is 0. The van der Waals surface area contributed by atoms with Gasteiger partial charge in [-0.3, -0.25) is 9.69 Å². The summed E-state index contributed by atoms with van der Waals surface area (Å²) in [6, 6.07) is 0.264. The number of rotatable bonds is 7. The van der Waals surface area contributed by atoms with Gasteiger partial charge in [0.05, 0.1) is 20.3 Å². The maximum atomic E-state index is 12.3. The number of esters is 1. The van der Waals surface area contributed by atoms with E-state index in [0.717, 1.165) is 32.7 Å². The Morgan fingerprint density at radius 3 is 2.71 bits per heavy atom. The third-order valence-electron chi connectivity index (χ3n) is 4.20. The summed E-state index contributed by atoms with van der Waals surface area (Å²) in [5, 5.41) is 6.56. The smallest absolute Gasteiger partial charge is 0.355 e. The number of methoxy groups -OCH3 is 1. The van der Waals surface area contributed by atoms with Gasteiger partial charge in [-0.2, -0.15) is 0 Å². The molecule has 2 heterocycles. The highest BCUT2D eigenvalue weighted by molar-refractivity contribution is 6.37. The van der Waals surface area contributed by atoms with Crippen LogP contribution in [0.2, 0.25) is 0 Å². The fourth-order valence-electron chi connectivity index (χ4n) is 2.94. The van der Waals surface area contributed by atoms with E-state index in [2.05, 4.69) is 34.0 Å². The summed E-state index contributed by atoms with van der Waals surface area (Å²) in [7, 11) is 1.27. The molecule has 0 saturated carbocycles. The molecule has 0 radical (unpaired) electrons. The van der Waals surface area contributed by atoms with Gasteiger partial charge in [-0.25, -0.2) is 4.79 Å². The van der Waals surface area contributed by atoms with Gasteiger partial charge >= 0.3 is 5.97 Å². The molecule has 0 unspecified atom stereocenters. The molecule has 0 aromatic rings. The molecule has 0 aromatic carbocycles. The highest BCUT2D eigenvalue weighted by atomic mass is 16.7. The zero-order chi connectivity index (χ0) is 17.5. The van der Waals surface area contributed by atoms with E-state index in [-0.39, 0.29) is 24.1 Å². The minimum atomic E-state index is -0.761. The van der Waals surface area contributed by atoms with E-state index in [1.54, 1.807) is 0 Å². The van der Waals surface area contributed by atoms with Crippen molar-refractivity contribution < 1.29 is 23.9 Å². The second kappa shape index (κ2) is 8.98. The Hall–Kier alpha value is -1.67. The Bertz CT molecular complexity index is 474. The molecule has 1 fully saturated rings. The predicted octanol–water partition coefficient (Wildman–Crippen LogP) is 0.167. The molecule has 1 N–H and O–H groups in total. The van der Waals surface area contributed by atoms with Gasteiger partial charge in [-0.05, 0) is 12.3 Å². The number of carbonyl (C=O) groups excluding carboxylic acids is 2. The molecule has 0 aromatic heterocycles. The lowest BCUT2D eigenvalue weighted by atomic mass is 10.0. The van der Waals surface area contributed by atoms with Gasteiger partial charge in [-0.15, -0.1) is 0 Å². The second-order valence-corrected chi connectivity index (χ2v) is 6.50. The molecule has 1 saturated heterocycles. The first-order valence-corrected chi connectivity index (χ1v) is 8.41. The van der Waals surface area contributed by atoms with Crippen molar-refractivity contribution in [3.05, 3.63) is 0 Å². The molecule has 24 heavy (non-hydrogen) atoms. The Morgan fingerprint density at radius 1 is 1.38 bits per heavy atom. The number of morpholine rings is 1. The van der Waals surface area contributed by atoms with Gasteiger partial charge in [0.25, 0.3) is 5.91 Å². The lowest BCUT2D eigenvalue weighted by Gasteiger charge is -2.35. The van der Waals surface area contributed by atoms with Gasteiger partial charge < -0.3 is 19.6 Å². The standard InChI is InChI=1S/C16H27N3O5/c1-11(2)8-12(19-4-6-23-7-5-19)10-17-15(20)14-9-13(18-24-14)16(21)22-3/h11-12,14H,4-10H2,1-3H3,(H,17,20)/t12-,14+/m1/s1. The van der Waals surface area contributed by atoms with Crippen LogP contribution >= 0.6 is 0 Å². The highest BCUT2D eigenvalue weighted by Gasteiger charge is 2.32. The predicted molar refractivity (Wildman–Crippen MR) is 87.6 cm³/mol. The molecule has 2 atom stereocenters.